The van der Waals surface area contributed by atoms with Gasteiger partial charge in [0, 0.05) is 11.4 Å². The first-order chi connectivity index (χ1) is 9.29. The van der Waals surface area contributed by atoms with Gasteiger partial charge in [0.2, 0.25) is 5.95 Å². The van der Waals surface area contributed by atoms with Gasteiger partial charge in [0.15, 0.2) is 0 Å². The summed E-state index contributed by atoms with van der Waals surface area (Å²) in [6, 6.07) is 1.80. The molecule has 0 saturated carbocycles. The topological polar surface area (TPSA) is 113 Å². The minimum absolute atomic E-state index is 0.120. The Morgan fingerprint density at radius 3 is 2.20 bits per heavy atom. The molecule has 0 aliphatic rings. The van der Waals surface area contributed by atoms with E-state index < -0.39 is 10.0 Å². The average Bonchev–Trinajstić information content (AvgIpc) is 2.66. The van der Waals surface area contributed by atoms with Crippen LogP contribution in [0.5, 0.6) is 0 Å². The van der Waals surface area contributed by atoms with Crippen molar-refractivity contribution in [1.82, 2.24) is 25.0 Å². The van der Waals surface area contributed by atoms with E-state index in [0.29, 0.717) is 11.4 Å². The predicted molar refractivity (Wildman–Crippen MR) is 73.5 cm³/mol. The predicted octanol–water partition coefficient (Wildman–Crippen LogP) is 0.739. The molecule has 2 aromatic heterocycles. The first-order valence-corrected chi connectivity index (χ1v) is 7.39. The number of nitrogens with one attached hydrogen (secondary N) is 3. The Kier molecular flexibility index (Phi) is 3.73. The minimum Gasteiger partial charge on any atom is -0.281 e. The third kappa shape index (κ3) is 2.94. The number of aryl methyl sites for hydroxylation is 4. The normalized spacial score (nSPS) is 11.6. The number of hydrogen-bond donors (Lipinski definition) is 3. The molecule has 0 bridgehead atoms. The second-order valence-corrected chi connectivity index (χ2v) is 6.09. The summed E-state index contributed by atoms with van der Waals surface area (Å²) in [4.78, 5) is 10.6. The van der Waals surface area contributed by atoms with Gasteiger partial charge < -0.3 is 0 Å². The van der Waals surface area contributed by atoms with E-state index in [0.717, 1.165) is 11.4 Å². The highest BCUT2D eigenvalue weighted by molar-refractivity contribution is 7.89. The third-order valence-electron chi connectivity index (χ3n) is 2.61. The summed E-state index contributed by atoms with van der Waals surface area (Å²) in [6.07, 6.45) is 0. The molecule has 9 heteroatoms. The average molecular weight is 296 g/mol. The van der Waals surface area contributed by atoms with E-state index in [9.17, 15) is 8.42 Å². The van der Waals surface area contributed by atoms with Crippen molar-refractivity contribution in [2.45, 2.75) is 32.6 Å². The van der Waals surface area contributed by atoms with E-state index in [-0.39, 0.29) is 10.8 Å². The molecule has 0 aliphatic heterocycles. The Morgan fingerprint density at radius 1 is 1.10 bits per heavy atom. The van der Waals surface area contributed by atoms with Gasteiger partial charge in [-0.15, -0.1) is 4.83 Å². The van der Waals surface area contributed by atoms with Crippen molar-refractivity contribution in [2.75, 3.05) is 5.43 Å². The Labute approximate surface area is 117 Å². The van der Waals surface area contributed by atoms with Crippen molar-refractivity contribution in [3.63, 3.8) is 0 Å². The molecule has 2 heterocycles. The second kappa shape index (κ2) is 5.17. The fraction of sp³-hybridized carbons (Fsp3) is 0.364. The molecule has 108 valence electrons. The van der Waals surface area contributed by atoms with Crippen molar-refractivity contribution in [3.8, 4) is 0 Å². The summed E-state index contributed by atoms with van der Waals surface area (Å²) in [7, 11) is -3.74. The van der Waals surface area contributed by atoms with E-state index in [1.54, 1.807) is 33.8 Å². The zero-order chi connectivity index (χ0) is 14.9. The van der Waals surface area contributed by atoms with Crippen molar-refractivity contribution in [3.05, 3.63) is 28.8 Å². The molecule has 0 unspecified atom stereocenters. The third-order valence-corrected chi connectivity index (χ3v) is 4.12. The molecule has 3 N–H and O–H groups in total. The van der Waals surface area contributed by atoms with Crippen LogP contribution in [0.15, 0.2) is 11.0 Å². The molecule has 0 saturated heterocycles. The Hall–Kier alpha value is -2.00. The first-order valence-electron chi connectivity index (χ1n) is 5.91. The molecular weight excluding hydrogens is 280 g/mol. The molecule has 8 nitrogen and oxygen atoms in total. The summed E-state index contributed by atoms with van der Waals surface area (Å²) < 4.78 is 24.4. The largest absolute Gasteiger partial charge is 0.281 e. The van der Waals surface area contributed by atoms with Crippen molar-refractivity contribution >= 4 is 16.0 Å². The second-order valence-electron chi connectivity index (χ2n) is 4.47. The van der Waals surface area contributed by atoms with Crippen molar-refractivity contribution in [1.29, 1.82) is 0 Å². The van der Waals surface area contributed by atoms with Gasteiger partial charge >= 0.3 is 0 Å². The highest BCUT2D eigenvalue weighted by Gasteiger charge is 2.22. The maximum absolute atomic E-state index is 12.2. The number of aromatic nitrogens is 4. The number of aromatic amines is 1. The zero-order valence-electron chi connectivity index (χ0n) is 11.6. The number of rotatable bonds is 4. The van der Waals surface area contributed by atoms with Crippen LogP contribution in [0, 0.1) is 27.7 Å². The Morgan fingerprint density at radius 2 is 1.70 bits per heavy atom. The summed E-state index contributed by atoms with van der Waals surface area (Å²) in [5.41, 5.74) is 4.87. The van der Waals surface area contributed by atoms with Crippen LogP contribution in [0.3, 0.4) is 0 Å². The van der Waals surface area contributed by atoms with Gasteiger partial charge in [-0.05, 0) is 33.8 Å². The van der Waals surface area contributed by atoms with E-state index in [2.05, 4.69) is 30.4 Å². The molecule has 0 aromatic carbocycles. The van der Waals surface area contributed by atoms with Gasteiger partial charge in [-0.3, -0.25) is 10.5 Å². The maximum atomic E-state index is 12.2. The molecule has 2 aromatic rings. The Bertz CT molecular complexity index is 698. The van der Waals surface area contributed by atoms with Crippen LogP contribution >= 0.6 is 0 Å². The molecule has 0 radical (unpaired) electrons. The van der Waals surface area contributed by atoms with Crippen LogP contribution in [-0.4, -0.2) is 28.6 Å². The zero-order valence-corrected chi connectivity index (χ0v) is 12.5. The summed E-state index contributed by atoms with van der Waals surface area (Å²) in [5, 5.41) is 6.49. The van der Waals surface area contributed by atoms with E-state index in [4.69, 9.17) is 0 Å². The van der Waals surface area contributed by atoms with Gasteiger partial charge in [-0.1, -0.05) is 0 Å². The molecule has 2 rings (SSSR count). The minimum atomic E-state index is -3.74. The summed E-state index contributed by atoms with van der Waals surface area (Å²) >= 11 is 0. The number of anilines is 1. The molecule has 0 spiro atoms. The summed E-state index contributed by atoms with van der Waals surface area (Å²) in [6.45, 7) is 6.87. The lowest BCUT2D eigenvalue weighted by atomic mass is 10.4. The highest BCUT2D eigenvalue weighted by Crippen LogP contribution is 2.16. The number of H-pyrrole nitrogens is 1. The van der Waals surface area contributed by atoms with Crippen LogP contribution < -0.4 is 10.3 Å². The lowest BCUT2D eigenvalue weighted by Gasteiger charge is -2.09. The van der Waals surface area contributed by atoms with E-state index in [1.807, 2.05) is 0 Å². The van der Waals surface area contributed by atoms with Gasteiger partial charge in [0.1, 0.15) is 4.90 Å². The van der Waals surface area contributed by atoms with Crippen LogP contribution in [0.1, 0.15) is 22.8 Å². The van der Waals surface area contributed by atoms with Crippen LogP contribution in [0.2, 0.25) is 0 Å². The fourth-order valence-corrected chi connectivity index (χ4v) is 3.09. The molecular formula is C11H16N6O2S. The summed E-state index contributed by atoms with van der Waals surface area (Å²) in [5.74, 6) is 0.199. The lowest BCUT2D eigenvalue weighted by Crippen LogP contribution is -2.31. The highest BCUT2D eigenvalue weighted by atomic mass is 32.2. The smallest absolute Gasteiger partial charge is 0.261 e. The van der Waals surface area contributed by atoms with E-state index >= 15 is 0 Å². The quantitative estimate of drug-likeness (QED) is 0.717. The molecule has 0 atom stereocenters. The number of nitrogens with zero attached hydrogens (tertiary/aromatic N) is 3. The standard InChI is InChI=1S/C11H16N6O2S/c1-6-5-7(2)13-11(12-6)16-17-20(18,19)10-8(3)14-15-9(10)4/h5,17H,1-4H3,(H,14,15)(H,12,13,16). The molecule has 20 heavy (non-hydrogen) atoms. The molecule has 0 fully saturated rings. The van der Waals surface area contributed by atoms with Crippen LogP contribution in [-0.2, 0) is 10.0 Å². The monoisotopic (exact) mass is 296 g/mol. The van der Waals surface area contributed by atoms with Crippen molar-refractivity contribution in [2.24, 2.45) is 0 Å². The van der Waals surface area contributed by atoms with Gasteiger partial charge in [-0.25, -0.2) is 18.4 Å². The van der Waals surface area contributed by atoms with E-state index in [1.165, 1.54) is 0 Å². The lowest BCUT2D eigenvalue weighted by molar-refractivity contribution is 0.586. The fourth-order valence-electron chi connectivity index (χ4n) is 1.88. The number of hydrogen-bond acceptors (Lipinski definition) is 6. The number of sulfonamides is 1. The molecule has 0 aliphatic carbocycles. The van der Waals surface area contributed by atoms with Gasteiger partial charge in [0.25, 0.3) is 10.0 Å². The number of hydrazine groups is 1. The SMILES string of the molecule is Cc1cc(C)nc(NNS(=O)(=O)c2c(C)n[nH]c2C)n1. The van der Waals surface area contributed by atoms with Gasteiger partial charge in [0.05, 0.1) is 11.4 Å². The van der Waals surface area contributed by atoms with Gasteiger partial charge in [-0.2, -0.15) is 5.10 Å². The van der Waals surface area contributed by atoms with Crippen molar-refractivity contribution < 1.29 is 8.42 Å². The van der Waals surface area contributed by atoms with Crippen LogP contribution in [0.4, 0.5) is 5.95 Å². The van der Waals surface area contributed by atoms with Crippen LogP contribution in [0.25, 0.3) is 0 Å². The molecule has 0 amide bonds. The Balaban J connectivity index is 2.22. The first kappa shape index (κ1) is 14.4. The maximum Gasteiger partial charge on any atom is 0.261 e.